The molecule has 1 aliphatic heterocycles. The van der Waals surface area contributed by atoms with E-state index in [2.05, 4.69) is 17.1 Å². The van der Waals surface area contributed by atoms with Gasteiger partial charge in [0.2, 0.25) is 0 Å². The summed E-state index contributed by atoms with van der Waals surface area (Å²) in [5.74, 6) is 0. The molecule has 0 saturated carbocycles. The molecule has 0 aromatic heterocycles. The third-order valence-electron chi connectivity index (χ3n) is 2.11. The average Bonchev–Trinajstić information content (AvgIpc) is 2.09. The summed E-state index contributed by atoms with van der Waals surface area (Å²) in [5, 5.41) is 4.03. The first kappa shape index (κ1) is 10.3. The van der Waals surface area contributed by atoms with Crippen molar-refractivity contribution in [3.8, 4) is 0 Å². The molecule has 70 valence electrons. The Morgan fingerprint density at radius 1 is 1.75 bits per heavy atom. The van der Waals surface area contributed by atoms with Crippen LogP contribution in [0.4, 0.5) is 0 Å². The van der Waals surface area contributed by atoms with Crippen molar-refractivity contribution in [3.63, 3.8) is 0 Å². The fraction of sp³-hybridized carbons (Fsp3) is 0.750. The largest absolute Gasteiger partial charge is 0.314 e. The second-order valence-corrected chi connectivity index (χ2v) is 3.78. The SMILES string of the molecule is CC1CNCCN1CC(Cl)=CCl. The van der Waals surface area contributed by atoms with Gasteiger partial charge in [0.05, 0.1) is 0 Å². The normalized spacial score (nSPS) is 27.6. The summed E-state index contributed by atoms with van der Waals surface area (Å²) in [7, 11) is 0. The number of hydrogen-bond donors (Lipinski definition) is 1. The molecule has 1 heterocycles. The molecule has 1 rings (SSSR count). The highest BCUT2D eigenvalue weighted by Gasteiger charge is 2.17. The Balaban J connectivity index is 2.39. The molecule has 0 spiro atoms. The summed E-state index contributed by atoms with van der Waals surface area (Å²) < 4.78 is 0. The van der Waals surface area contributed by atoms with E-state index in [0.29, 0.717) is 11.1 Å². The maximum atomic E-state index is 5.83. The average molecular weight is 209 g/mol. The number of hydrogen-bond acceptors (Lipinski definition) is 2. The van der Waals surface area contributed by atoms with Gasteiger partial charge in [0, 0.05) is 42.8 Å². The van der Waals surface area contributed by atoms with Gasteiger partial charge in [-0.3, -0.25) is 4.90 Å². The molecule has 0 amide bonds. The number of nitrogens with zero attached hydrogens (tertiary/aromatic N) is 1. The third-order valence-corrected chi connectivity index (χ3v) is 2.72. The Morgan fingerprint density at radius 2 is 2.50 bits per heavy atom. The van der Waals surface area contributed by atoms with E-state index in [-0.39, 0.29) is 0 Å². The predicted octanol–water partition coefficient (Wildman–Crippen LogP) is 1.60. The van der Waals surface area contributed by atoms with Crippen LogP contribution in [0.1, 0.15) is 6.92 Å². The van der Waals surface area contributed by atoms with Gasteiger partial charge in [0.25, 0.3) is 0 Å². The van der Waals surface area contributed by atoms with Crippen molar-refractivity contribution in [3.05, 3.63) is 10.6 Å². The summed E-state index contributed by atoms with van der Waals surface area (Å²) in [6.45, 7) is 6.07. The van der Waals surface area contributed by atoms with E-state index < -0.39 is 0 Å². The number of nitrogens with one attached hydrogen (secondary N) is 1. The number of rotatable bonds is 2. The van der Waals surface area contributed by atoms with E-state index in [0.717, 1.165) is 26.2 Å². The van der Waals surface area contributed by atoms with Crippen molar-refractivity contribution in [1.82, 2.24) is 10.2 Å². The Hall–Kier alpha value is 0.240. The Labute approximate surface area is 83.5 Å². The molecular formula is C8H14Cl2N2. The molecule has 0 bridgehead atoms. The van der Waals surface area contributed by atoms with Gasteiger partial charge in [-0.05, 0) is 6.92 Å². The Bertz CT molecular complexity index is 170. The fourth-order valence-electron chi connectivity index (χ4n) is 1.35. The van der Waals surface area contributed by atoms with E-state index in [4.69, 9.17) is 23.2 Å². The first-order valence-electron chi connectivity index (χ1n) is 4.13. The maximum absolute atomic E-state index is 5.83. The van der Waals surface area contributed by atoms with E-state index in [1.54, 1.807) is 0 Å². The Kier molecular flexibility index (Phi) is 4.36. The summed E-state index contributed by atoms with van der Waals surface area (Å²) in [6.07, 6.45) is 0. The van der Waals surface area contributed by atoms with Crippen molar-refractivity contribution < 1.29 is 0 Å². The van der Waals surface area contributed by atoms with E-state index >= 15 is 0 Å². The molecule has 12 heavy (non-hydrogen) atoms. The molecule has 1 N–H and O–H groups in total. The van der Waals surface area contributed by atoms with Crippen molar-refractivity contribution in [2.75, 3.05) is 26.2 Å². The minimum absolute atomic E-state index is 0.545. The van der Waals surface area contributed by atoms with Crippen molar-refractivity contribution in [2.24, 2.45) is 0 Å². The predicted molar refractivity (Wildman–Crippen MR) is 53.7 cm³/mol. The molecule has 0 aromatic rings. The zero-order valence-corrected chi connectivity index (χ0v) is 8.70. The highest BCUT2D eigenvalue weighted by molar-refractivity contribution is 6.36. The zero-order chi connectivity index (χ0) is 8.97. The van der Waals surface area contributed by atoms with Crippen molar-refractivity contribution in [1.29, 1.82) is 0 Å². The van der Waals surface area contributed by atoms with Crippen LogP contribution in [0.3, 0.4) is 0 Å². The molecule has 1 saturated heterocycles. The van der Waals surface area contributed by atoms with Crippen LogP contribution in [0.25, 0.3) is 0 Å². The standard InChI is InChI=1S/C8H14Cl2N2/c1-7-5-11-2-3-12(7)6-8(10)4-9/h4,7,11H,2-3,5-6H2,1H3. The summed E-state index contributed by atoms with van der Waals surface area (Å²) in [4.78, 5) is 2.32. The lowest BCUT2D eigenvalue weighted by atomic mass is 10.2. The van der Waals surface area contributed by atoms with Crippen LogP contribution in [-0.4, -0.2) is 37.1 Å². The van der Waals surface area contributed by atoms with Gasteiger partial charge in [0.1, 0.15) is 0 Å². The minimum atomic E-state index is 0.545. The monoisotopic (exact) mass is 208 g/mol. The van der Waals surface area contributed by atoms with Crippen LogP contribution in [0, 0.1) is 0 Å². The molecule has 0 radical (unpaired) electrons. The molecule has 1 unspecified atom stereocenters. The quantitative estimate of drug-likeness (QED) is 0.743. The van der Waals surface area contributed by atoms with E-state index in [1.807, 2.05) is 0 Å². The summed E-state index contributed by atoms with van der Waals surface area (Å²) in [5.41, 5.74) is 1.44. The van der Waals surface area contributed by atoms with Gasteiger partial charge >= 0.3 is 0 Å². The van der Waals surface area contributed by atoms with Gasteiger partial charge in [-0.2, -0.15) is 0 Å². The Morgan fingerprint density at radius 3 is 3.08 bits per heavy atom. The lowest BCUT2D eigenvalue weighted by Crippen LogP contribution is -2.49. The first-order chi connectivity index (χ1) is 5.74. The minimum Gasteiger partial charge on any atom is -0.314 e. The smallest absolute Gasteiger partial charge is 0.0434 e. The van der Waals surface area contributed by atoms with Crippen molar-refractivity contribution in [2.45, 2.75) is 13.0 Å². The summed E-state index contributed by atoms with van der Waals surface area (Å²) in [6, 6.07) is 0.545. The molecule has 0 aromatic carbocycles. The van der Waals surface area contributed by atoms with Gasteiger partial charge in [-0.15, -0.1) is 0 Å². The van der Waals surface area contributed by atoms with E-state index in [9.17, 15) is 0 Å². The first-order valence-corrected chi connectivity index (χ1v) is 4.95. The van der Waals surface area contributed by atoms with Crippen LogP contribution in [0.2, 0.25) is 0 Å². The number of halogens is 2. The van der Waals surface area contributed by atoms with Crippen LogP contribution >= 0.6 is 23.2 Å². The van der Waals surface area contributed by atoms with Gasteiger partial charge in [-0.25, -0.2) is 0 Å². The van der Waals surface area contributed by atoms with Crippen LogP contribution in [-0.2, 0) is 0 Å². The van der Waals surface area contributed by atoms with Crippen molar-refractivity contribution >= 4 is 23.2 Å². The highest BCUT2D eigenvalue weighted by Crippen LogP contribution is 2.10. The van der Waals surface area contributed by atoms with Crippen LogP contribution in [0.15, 0.2) is 10.6 Å². The molecule has 4 heteroatoms. The van der Waals surface area contributed by atoms with Gasteiger partial charge in [-0.1, -0.05) is 23.2 Å². The third kappa shape index (κ3) is 2.94. The molecule has 1 aliphatic rings. The van der Waals surface area contributed by atoms with Crippen LogP contribution in [0.5, 0.6) is 0 Å². The van der Waals surface area contributed by atoms with Crippen LogP contribution < -0.4 is 5.32 Å². The fourth-order valence-corrected chi connectivity index (χ4v) is 1.57. The lowest BCUT2D eigenvalue weighted by molar-refractivity contribution is 0.191. The molecule has 1 fully saturated rings. The summed E-state index contributed by atoms with van der Waals surface area (Å²) >= 11 is 11.3. The van der Waals surface area contributed by atoms with Gasteiger partial charge in [0.15, 0.2) is 0 Å². The molecule has 0 aliphatic carbocycles. The second-order valence-electron chi connectivity index (χ2n) is 3.08. The number of piperazine rings is 1. The maximum Gasteiger partial charge on any atom is 0.0434 e. The second kappa shape index (κ2) is 5.07. The molecule has 2 nitrogen and oxygen atoms in total. The zero-order valence-electron chi connectivity index (χ0n) is 7.19. The lowest BCUT2D eigenvalue weighted by Gasteiger charge is -2.33. The highest BCUT2D eigenvalue weighted by atomic mass is 35.5. The molecular weight excluding hydrogens is 195 g/mol. The van der Waals surface area contributed by atoms with E-state index in [1.165, 1.54) is 5.54 Å². The topological polar surface area (TPSA) is 15.3 Å². The van der Waals surface area contributed by atoms with Gasteiger partial charge < -0.3 is 5.32 Å². The molecule has 1 atom stereocenters.